The summed E-state index contributed by atoms with van der Waals surface area (Å²) in [6, 6.07) is 9.10. The Morgan fingerprint density at radius 2 is 1.82 bits per heavy atom. The van der Waals surface area contributed by atoms with Crippen LogP contribution in [0.5, 0.6) is 0 Å². The van der Waals surface area contributed by atoms with Crippen LogP contribution in [0.25, 0.3) is 0 Å². The number of para-hydroxylation sites is 1. The SMILES string of the molecule is O=C1Nc2ccccc2/C1=N/c1ncccn1. The van der Waals surface area contributed by atoms with Crippen molar-refractivity contribution in [3.8, 4) is 0 Å². The van der Waals surface area contributed by atoms with Crippen molar-refractivity contribution in [3.05, 3.63) is 48.3 Å². The zero-order chi connectivity index (χ0) is 11.7. The van der Waals surface area contributed by atoms with Crippen LogP contribution in [-0.4, -0.2) is 21.6 Å². The van der Waals surface area contributed by atoms with Crippen LogP contribution in [0.1, 0.15) is 5.56 Å². The summed E-state index contributed by atoms with van der Waals surface area (Å²) in [5.41, 5.74) is 1.91. The molecule has 17 heavy (non-hydrogen) atoms. The number of fused-ring (bicyclic) bond motifs is 1. The van der Waals surface area contributed by atoms with E-state index in [-0.39, 0.29) is 11.9 Å². The van der Waals surface area contributed by atoms with Crippen molar-refractivity contribution in [2.45, 2.75) is 0 Å². The van der Waals surface area contributed by atoms with Crippen LogP contribution in [-0.2, 0) is 4.79 Å². The van der Waals surface area contributed by atoms with Crippen molar-refractivity contribution < 1.29 is 4.79 Å². The van der Waals surface area contributed by atoms with Crippen molar-refractivity contribution >= 4 is 23.3 Å². The van der Waals surface area contributed by atoms with Gasteiger partial charge in [-0.1, -0.05) is 18.2 Å². The number of hydrogen-bond donors (Lipinski definition) is 1. The number of anilines is 1. The van der Waals surface area contributed by atoms with Gasteiger partial charge in [-0.15, -0.1) is 0 Å². The third kappa shape index (κ3) is 1.67. The molecule has 0 saturated carbocycles. The van der Waals surface area contributed by atoms with Gasteiger partial charge < -0.3 is 5.32 Å². The molecule has 0 fully saturated rings. The van der Waals surface area contributed by atoms with Crippen LogP contribution in [0.2, 0.25) is 0 Å². The lowest BCUT2D eigenvalue weighted by Crippen LogP contribution is -2.14. The predicted octanol–water partition coefficient (Wildman–Crippen LogP) is 1.55. The number of benzene rings is 1. The Balaban J connectivity index is 2.10. The van der Waals surface area contributed by atoms with E-state index >= 15 is 0 Å². The van der Waals surface area contributed by atoms with E-state index in [1.165, 1.54) is 0 Å². The van der Waals surface area contributed by atoms with Crippen LogP contribution < -0.4 is 5.32 Å². The second-order valence-corrected chi connectivity index (χ2v) is 3.51. The highest BCUT2D eigenvalue weighted by atomic mass is 16.2. The van der Waals surface area contributed by atoms with E-state index in [0.29, 0.717) is 5.71 Å². The second-order valence-electron chi connectivity index (χ2n) is 3.51. The number of carbonyl (C=O) groups excluding carboxylic acids is 1. The van der Waals surface area contributed by atoms with Crippen molar-refractivity contribution in [3.63, 3.8) is 0 Å². The summed E-state index contributed by atoms with van der Waals surface area (Å²) < 4.78 is 0. The Morgan fingerprint density at radius 1 is 1.06 bits per heavy atom. The number of carbonyl (C=O) groups is 1. The van der Waals surface area contributed by atoms with Gasteiger partial charge in [-0.3, -0.25) is 4.79 Å². The lowest BCUT2D eigenvalue weighted by molar-refractivity contribution is -0.110. The quantitative estimate of drug-likeness (QED) is 0.799. The minimum Gasteiger partial charge on any atom is -0.320 e. The first kappa shape index (κ1) is 9.65. The van der Waals surface area contributed by atoms with E-state index in [1.807, 2.05) is 24.3 Å². The number of hydrogen-bond acceptors (Lipinski definition) is 4. The Kier molecular flexibility index (Phi) is 2.15. The van der Waals surface area contributed by atoms with Gasteiger partial charge in [-0.2, -0.15) is 0 Å². The average molecular weight is 224 g/mol. The number of nitrogens with zero attached hydrogens (tertiary/aromatic N) is 3. The van der Waals surface area contributed by atoms with Crippen molar-refractivity contribution in [1.29, 1.82) is 0 Å². The van der Waals surface area contributed by atoms with Gasteiger partial charge in [0.25, 0.3) is 5.91 Å². The molecular weight excluding hydrogens is 216 g/mol. The molecular formula is C12H8N4O. The summed E-state index contributed by atoms with van der Waals surface area (Å²) in [6.07, 6.45) is 3.18. The number of rotatable bonds is 1. The highest BCUT2D eigenvalue weighted by Crippen LogP contribution is 2.23. The van der Waals surface area contributed by atoms with Gasteiger partial charge in [-0.25, -0.2) is 15.0 Å². The summed E-state index contributed by atoms with van der Waals surface area (Å²) in [5, 5.41) is 2.74. The molecule has 1 N–H and O–H groups in total. The largest absolute Gasteiger partial charge is 0.320 e. The molecule has 1 amide bonds. The lowest BCUT2D eigenvalue weighted by Gasteiger charge is -1.95. The molecule has 1 aliphatic heterocycles. The molecule has 5 heteroatoms. The maximum absolute atomic E-state index is 11.7. The third-order valence-corrected chi connectivity index (χ3v) is 2.41. The molecule has 1 aromatic carbocycles. The van der Waals surface area contributed by atoms with Gasteiger partial charge >= 0.3 is 0 Å². The van der Waals surface area contributed by atoms with E-state index in [0.717, 1.165) is 11.3 Å². The predicted molar refractivity (Wildman–Crippen MR) is 63.3 cm³/mol. The zero-order valence-electron chi connectivity index (χ0n) is 8.79. The molecule has 82 valence electrons. The monoisotopic (exact) mass is 224 g/mol. The standard InChI is InChI=1S/C12H8N4O/c17-11-10(16-12-13-6-3-7-14-12)8-4-1-2-5-9(8)15-11/h1-7H,(H,13,14,15,16,17). The third-order valence-electron chi connectivity index (χ3n) is 2.41. The molecule has 2 aromatic rings. The van der Waals surface area contributed by atoms with Gasteiger partial charge in [0.15, 0.2) is 0 Å². The van der Waals surface area contributed by atoms with Crippen LogP contribution in [0.3, 0.4) is 0 Å². The molecule has 5 nitrogen and oxygen atoms in total. The van der Waals surface area contributed by atoms with Crippen molar-refractivity contribution in [1.82, 2.24) is 9.97 Å². The Labute approximate surface area is 97.3 Å². The molecule has 0 atom stereocenters. The fourth-order valence-corrected chi connectivity index (χ4v) is 1.66. The van der Waals surface area contributed by atoms with Crippen molar-refractivity contribution in [2.75, 3.05) is 5.32 Å². The number of aliphatic imine (C=N–C) groups is 1. The summed E-state index contributed by atoms with van der Waals surface area (Å²) >= 11 is 0. The molecule has 0 unspecified atom stereocenters. The number of aromatic nitrogens is 2. The van der Waals surface area contributed by atoms with Crippen LogP contribution >= 0.6 is 0 Å². The maximum atomic E-state index is 11.7. The minimum atomic E-state index is -0.223. The Hall–Kier alpha value is -2.56. The maximum Gasteiger partial charge on any atom is 0.275 e. The van der Waals surface area contributed by atoms with Crippen molar-refractivity contribution in [2.24, 2.45) is 4.99 Å². The summed E-state index contributed by atoms with van der Waals surface area (Å²) in [6.45, 7) is 0. The minimum absolute atomic E-state index is 0.223. The normalized spacial score (nSPS) is 15.8. The molecule has 2 heterocycles. The summed E-state index contributed by atoms with van der Waals surface area (Å²) in [7, 11) is 0. The molecule has 1 aliphatic rings. The van der Waals surface area contributed by atoms with Crippen LogP contribution in [0.15, 0.2) is 47.7 Å². The molecule has 0 aliphatic carbocycles. The van der Waals surface area contributed by atoms with E-state index in [9.17, 15) is 4.79 Å². The molecule has 1 aromatic heterocycles. The van der Waals surface area contributed by atoms with Crippen LogP contribution in [0.4, 0.5) is 11.6 Å². The number of amides is 1. The molecule has 0 bridgehead atoms. The average Bonchev–Trinajstić information content (AvgIpc) is 2.68. The fraction of sp³-hybridized carbons (Fsp3) is 0. The van der Waals surface area contributed by atoms with Gasteiger partial charge in [0.1, 0.15) is 5.71 Å². The zero-order valence-corrected chi connectivity index (χ0v) is 8.79. The smallest absolute Gasteiger partial charge is 0.275 e. The Morgan fingerprint density at radius 3 is 2.65 bits per heavy atom. The second kappa shape index (κ2) is 3.79. The molecule has 0 radical (unpaired) electrons. The van der Waals surface area contributed by atoms with E-state index in [1.54, 1.807) is 18.5 Å². The van der Waals surface area contributed by atoms with E-state index < -0.39 is 0 Å². The Bertz CT molecular complexity index is 607. The molecule has 3 rings (SSSR count). The first-order chi connectivity index (χ1) is 8.34. The van der Waals surface area contributed by atoms with Crippen LogP contribution in [0, 0.1) is 0 Å². The highest BCUT2D eigenvalue weighted by molar-refractivity contribution is 6.54. The van der Waals surface area contributed by atoms with Gasteiger partial charge in [0.2, 0.25) is 5.95 Å². The number of nitrogens with one attached hydrogen (secondary N) is 1. The summed E-state index contributed by atoms with van der Waals surface area (Å²) in [4.78, 5) is 23.8. The van der Waals surface area contributed by atoms with Gasteiger partial charge in [0, 0.05) is 18.0 Å². The first-order valence-electron chi connectivity index (χ1n) is 5.11. The van der Waals surface area contributed by atoms with Gasteiger partial charge in [0.05, 0.1) is 5.69 Å². The molecule has 0 saturated heterocycles. The fourth-order valence-electron chi connectivity index (χ4n) is 1.66. The van der Waals surface area contributed by atoms with Gasteiger partial charge in [-0.05, 0) is 12.1 Å². The summed E-state index contributed by atoms with van der Waals surface area (Å²) in [5.74, 6) is 0.0630. The highest BCUT2D eigenvalue weighted by Gasteiger charge is 2.25. The molecule has 0 spiro atoms. The lowest BCUT2D eigenvalue weighted by atomic mass is 10.1. The topological polar surface area (TPSA) is 67.2 Å². The van der Waals surface area contributed by atoms with E-state index in [4.69, 9.17) is 0 Å². The first-order valence-corrected chi connectivity index (χ1v) is 5.11. The van der Waals surface area contributed by atoms with E-state index in [2.05, 4.69) is 20.3 Å².